The van der Waals surface area contributed by atoms with Crippen molar-refractivity contribution in [3.63, 3.8) is 0 Å². The fraction of sp³-hybridized carbons (Fsp3) is 0.750. The first-order valence-corrected chi connectivity index (χ1v) is 4.95. The molecule has 0 heterocycles. The Bertz CT molecular complexity index is 106. The summed E-state index contributed by atoms with van der Waals surface area (Å²) in [6.45, 7) is 4.21. The number of allylic oxidation sites excluding steroid dienone is 2. The Kier molecular flexibility index (Phi) is 5.64. The maximum absolute atomic E-state index is 7.44. The molecule has 0 nitrogen and oxygen atoms in total. The van der Waals surface area contributed by atoms with Gasteiger partial charge in [0.15, 0.2) is 0 Å². The summed E-state index contributed by atoms with van der Waals surface area (Å²) in [4.78, 5) is 0. The third-order valence-electron chi connectivity index (χ3n) is 1.04. The SMILES string of the molecule is [2H]C(C[Te])CCC=C(C)C. The van der Waals surface area contributed by atoms with Crippen LogP contribution in [0.3, 0.4) is 0 Å². The average molecular weight is 240 g/mol. The van der Waals surface area contributed by atoms with Crippen molar-refractivity contribution in [2.24, 2.45) is 0 Å². The third-order valence-corrected chi connectivity index (χ3v) is 1.71. The molecule has 1 heteroatoms. The molecule has 0 rings (SSSR count). The second-order valence-corrected chi connectivity index (χ2v) is 3.27. The first-order chi connectivity index (χ1) is 4.66. The van der Waals surface area contributed by atoms with Crippen molar-refractivity contribution >= 4 is 22.3 Å². The van der Waals surface area contributed by atoms with Crippen LogP contribution in [0.1, 0.15) is 34.5 Å². The molecule has 0 bridgehead atoms. The van der Waals surface area contributed by atoms with Gasteiger partial charge in [-0.25, -0.2) is 0 Å². The summed E-state index contributed by atoms with van der Waals surface area (Å²) in [7, 11) is 0. The molecule has 0 aromatic carbocycles. The first-order valence-electron chi connectivity index (χ1n) is 3.88. The number of hydrogen-bond acceptors (Lipinski definition) is 0. The van der Waals surface area contributed by atoms with Gasteiger partial charge in [0, 0.05) is 0 Å². The molecule has 1 unspecified atom stereocenters. The fourth-order valence-corrected chi connectivity index (χ4v) is 1.05. The van der Waals surface area contributed by atoms with Crippen molar-refractivity contribution in [3.8, 4) is 0 Å². The van der Waals surface area contributed by atoms with Crippen LogP contribution in [0.5, 0.6) is 0 Å². The molecule has 1 radical (unpaired) electrons. The Hall–Kier alpha value is 0.530. The van der Waals surface area contributed by atoms with Crippen LogP contribution in [0.15, 0.2) is 11.6 Å². The van der Waals surface area contributed by atoms with Crippen LogP contribution in [0.4, 0.5) is 0 Å². The quantitative estimate of drug-likeness (QED) is 0.523. The topological polar surface area (TPSA) is 0 Å². The van der Waals surface area contributed by atoms with Gasteiger partial charge in [0.2, 0.25) is 0 Å². The molecule has 0 N–H and O–H groups in total. The van der Waals surface area contributed by atoms with E-state index in [0.29, 0.717) is 0 Å². The van der Waals surface area contributed by atoms with Gasteiger partial charge in [-0.2, -0.15) is 0 Å². The molecule has 53 valence electrons. The third kappa shape index (κ3) is 8.53. The molecule has 0 fully saturated rings. The maximum atomic E-state index is 7.44. The second kappa shape index (κ2) is 6.65. The predicted octanol–water partition coefficient (Wildman–Crippen LogP) is 2.71. The Balaban J connectivity index is 3.28. The minimum atomic E-state index is 0.153. The molecule has 9 heavy (non-hydrogen) atoms. The van der Waals surface area contributed by atoms with E-state index < -0.39 is 0 Å². The standard InChI is InChI=1S/C8H15Te/c1-8(2)6-4-3-5-7-9/h6H,3-5,7H2,1-2H3/i5D. The van der Waals surface area contributed by atoms with E-state index in [-0.39, 0.29) is 6.40 Å². The molecule has 0 saturated carbocycles. The Morgan fingerprint density at radius 1 is 1.67 bits per heavy atom. The van der Waals surface area contributed by atoms with Crippen molar-refractivity contribution in [2.75, 3.05) is 0 Å². The van der Waals surface area contributed by atoms with E-state index in [1.54, 1.807) is 0 Å². The molecule has 0 aromatic rings. The average Bonchev–Trinajstić information content (AvgIpc) is 1.87. The Morgan fingerprint density at radius 2 is 2.33 bits per heavy atom. The van der Waals surface area contributed by atoms with Crippen LogP contribution < -0.4 is 0 Å². The number of rotatable bonds is 4. The zero-order valence-electron chi connectivity index (χ0n) is 7.18. The van der Waals surface area contributed by atoms with Gasteiger partial charge in [-0.05, 0) is 0 Å². The fourth-order valence-electron chi connectivity index (χ4n) is 0.573. The van der Waals surface area contributed by atoms with Gasteiger partial charge < -0.3 is 0 Å². The molecular weight excluding hydrogens is 224 g/mol. The van der Waals surface area contributed by atoms with E-state index in [0.717, 1.165) is 17.3 Å². The van der Waals surface area contributed by atoms with E-state index in [4.69, 9.17) is 1.37 Å². The van der Waals surface area contributed by atoms with Crippen LogP contribution in [0.2, 0.25) is 4.47 Å². The van der Waals surface area contributed by atoms with Crippen molar-refractivity contribution in [2.45, 2.75) is 37.6 Å². The van der Waals surface area contributed by atoms with Crippen LogP contribution in [0, 0.1) is 0 Å². The molecular formula is C8H15Te. The van der Waals surface area contributed by atoms with E-state index in [2.05, 4.69) is 19.9 Å². The van der Waals surface area contributed by atoms with E-state index in [9.17, 15) is 0 Å². The van der Waals surface area contributed by atoms with Crippen molar-refractivity contribution < 1.29 is 1.37 Å². The monoisotopic (exact) mass is 242 g/mol. The van der Waals surface area contributed by atoms with Gasteiger partial charge in [0.1, 0.15) is 0 Å². The molecule has 0 aliphatic carbocycles. The first kappa shape index (κ1) is 7.63. The summed E-state index contributed by atoms with van der Waals surface area (Å²) < 4.78 is 8.43. The van der Waals surface area contributed by atoms with E-state index in [1.165, 1.54) is 5.57 Å². The molecule has 0 spiro atoms. The van der Waals surface area contributed by atoms with Gasteiger partial charge >= 0.3 is 72.9 Å². The normalized spacial score (nSPS) is 14.3. The summed E-state index contributed by atoms with van der Waals surface area (Å²) >= 11 is 2.01. The van der Waals surface area contributed by atoms with Gasteiger partial charge in [0.25, 0.3) is 0 Å². The zero-order chi connectivity index (χ0) is 7.98. The van der Waals surface area contributed by atoms with E-state index in [1.807, 2.05) is 22.3 Å². The van der Waals surface area contributed by atoms with Crippen LogP contribution >= 0.6 is 0 Å². The molecule has 1 atom stereocenters. The van der Waals surface area contributed by atoms with Crippen LogP contribution in [0.25, 0.3) is 0 Å². The summed E-state index contributed by atoms with van der Waals surface area (Å²) in [5.74, 6) is 0. The van der Waals surface area contributed by atoms with Crippen molar-refractivity contribution in [3.05, 3.63) is 11.6 Å². The molecule has 0 aromatic heterocycles. The summed E-state index contributed by atoms with van der Waals surface area (Å²) in [6.07, 6.45) is 4.45. The summed E-state index contributed by atoms with van der Waals surface area (Å²) in [5.41, 5.74) is 1.36. The second-order valence-electron chi connectivity index (χ2n) is 2.31. The predicted molar refractivity (Wildman–Crippen MR) is 43.8 cm³/mol. The molecule has 0 saturated heterocycles. The van der Waals surface area contributed by atoms with Gasteiger partial charge in [-0.15, -0.1) is 0 Å². The molecule has 0 aliphatic heterocycles. The Morgan fingerprint density at radius 3 is 2.78 bits per heavy atom. The van der Waals surface area contributed by atoms with Crippen molar-refractivity contribution in [1.82, 2.24) is 0 Å². The number of hydrogen-bond donors (Lipinski definition) is 0. The van der Waals surface area contributed by atoms with Crippen LogP contribution in [-0.2, 0) is 0 Å². The van der Waals surface area contributed by atoms with Crippen LogP contribution in [-0.4, -0.2) is 22.3 Å². The van der Waals surface area contributed by atoms with Gasteiger partial charge in [-0.3, -0.25) is 0 Å². The summed E-state index contributed by atoms with van der Waals surface area (Å²) in [6, 6.07) is 0. The minimum absolute atomic E-state index is 0.153. The molecule has 0 aliphatic rings. The zero-order valence-corrected chi connectivity index (χ0v) is 8.51. The van der Waals surface area contributed by atoms with E-state index >= 15 is 0 Å². The van der Waals surface area contributed by atoms with Crippen molar-refractivity contribution in [1.29, 1.82) is 0 Å². The Labute approximate surface area is 73.0 Å². The van der Waals surface area contributed by atoms with Gasteiger partial charge in [-0.1, -0.05) is 0 Å². The molecule has 0 amide bonds. The van der Waals surface area contributed by atoms with Gasteiger partial charge in [0.05, 0.1) is 0 Å². The summed E-state index contributed by atoms with van der Waals surface area (Å²) in [5, 5.41) is 0.